The molecule has 0 saturated heterocycles. The summed E-state index contributed by atoms with van der Waals surface area (Å²) in [6.45, 7) is 0.228. The third-order valence-corrected chi connectivity index (χ3v) is 6.96. The van der Waals surface area contributed by atoms with Crippen LogP contribution in [-0.2, 0) is 16.1 Å². The first kappa shape index (κ1) is 20.8. The first-order valence-corrected chi connectivity index (χ1v) is 11.6. The zero-order valence-corrected chi connectivity index (χ0v) is 19.0. The molecule has 5 rings (SSSR count). The fourth-order valence-electron chi connectivity index (χ4n) is 3.89. The second-order valence-corrected chi connectivity index (χ2v) is 9.52. The molecule has 2 aliphatic rings. The maximum atomic E-state index is 12.7. The molecule has 0 spiro atoms. The largest absolute Gasteiger partial charge is 0.482 e. The quantitative estimate of drug-likeness (QED) is 0.456. The first-order valence-electron chi connectivity index (χ1n) is 9.82. The molecule has 3 N–H and O–H groups in total. The number of rotatable bonds is 4. The summed E-state index contributed by atoms with van der Waals surface area (Å²) in [5, 5.41) is 5.58. The Balaban J connectivity index is 1.34. The number of carbonyl (C=O) groups excluding carboxylic acids is 2. The zero-order valence-electron chi connectivity index (χ0n) is 16.6. The van der Waals surface area contributed by atoms with Crippen LogP contribution >= 0.6 is 27.7 Å². The number of carbonyl (C=O) groups is 2. The molecule has 0 aliphatic carbocycles. The lowest BCUT2D eigenvalue weighted by Gasteiger charge is -2.27. The number of thioether (sulfide) groups is 1. The number of anilines is 1. The van der Waals surface area contributed by atoms with Crippen LogP contribution in [0.25, 0.3) is 11.0 Å². The van der Waals surface area contributed by atoms with Crippen LogP contribution in [0.2, 0.25) is 0 Å². The highest BCUT2D eigenvalue weighted by atomic mass is 79.9. The monoisotopic (exact) mass is 516 g/mol. The zero-order chi connectivity index (χ0) is 22.4. The minimum atomic E-state index is -0.708. The predicted molar refractivity (Wildman–Crippen MR) is 123 cm³/mol. The molecule has 0 fully saturated rings. The minimum absolute atomic E-state index is 0.0420. The van der Waals surface area contributed by atoms with Gasteiger partial charge in [0.1, 0.15) is 5.75 Å². The van der Waals surface area contributed by atoms with Crippen LogP contribution < -0.4 is 26.5 Å². The van der Waals surface area contributed by atoms with Crippen LogP contribution in [0.15, 0.2) is 49.3 Å². The van der Waals surface area contributed by atoms with Crippen molar-refractivity contribution in [1.29, 1.82) is 0 Å². The Morgan fingerprint density at radius 1 is 1.25 bits per heavy atom. The second kappa shape index (κ2) is 8.14. The van der Waals surface area contributed by atoms with Crippen molar-refractivity contribution in [2.45, 2.75) is 23.9 Å². The Labute approximate surface area is 193 Å². The van der Waals surface area contributed by atoms with Gasteiger partial charge in [-0.3, -0.25) is 23.7 Å². The van der Waals surface area contributed by atoms with Crippen molar-refractivity contribution < 1.29 is 14.3 Å². The average molecular weight is 517 g/mol. The van der Waals surface area contributed by atoms with Crippen molar-refractivity contribution in [2.24, 2.45) is 0 Å². The number of benzene rings is 2. The van der Waals surface area contributed by atoms with Gasteiger partial charge in [-0.15, -0.1) is 11.8 Å². The fourth-order valence-corrected chi connectivity index (χ4v) is 5.69. The van der Waals surface area contributed by atoms with E-state index in [2.05, 4.69) is 31.5 Å². The maximum absolute atomic E-state index is 12.7. The molecule has 1 aromatic heterocycles. The molecule has 3 aromatic rings. The van der Waals surface area contributed by atoms with Crippen molar-refractivity contribution in [3.8, 4) is 5.75 Å². The lowest BCUT2D eigenvalue weighted by atomic mass is 10.1. The van der Waals surface area contributed by atoms with E-state index < -0.39 is 17.2 Å². The third-order valence-electron chi connectivity index (χ3n) is 5.33. The molecule has 0 radical (unpaired) electrons. The van der Waals surface area contributed by atoms with E-state index >= 15 is 0 Å². The van der Waals surface area contributed by atoms with Crippen LogP contribution in [0.4, 0.5) is 5.69 Å². The second-order valence-electron chi connectivity index (χ2n) is 7.54. The van der Waals surface area contributed by atoms with Gasteiger partial charge in [-0.1, -0.05) is 22.0 Å². The number of fused-ring (bicyclic) bond motifs is 1. The van der Waals surface area contributed by atoms with Crippen molar-refractivity contribution >= 4 is 56.2 Å². The number of nitrogens with zero attached hydrogens (tertiary/aromatic N) is 1. The van der Waals surface area contributed by atoms with Crippen LogP contribution in [0, 0.1) is 0 Å². The van der Waals surface area contributed by atoms with Gasteiger partial charge < -0.3 is 20.4 Å². The van der Waals surface area contributed by atoms with Crippen LogP contribution in [0.1, 0.15) is 18.0 Å². The minimum Gasteiger partial charge on any atom is -0.482 e. The molecule has 2 aromatic carbocycles. The fraction of sp³-hybridized carbons (Fsp3) is 0.238. The van der Waals surface area contributed by atoms with Gasteiger partial charge in [0, 0.05) is 28.1 Å². The highest BCUT2D eigenvalue weighted by molar-refractivity contribution is 9.10. The number of halogens is 1. The molecule has 32 heavy (non-hydrogen) atoms. The van der Waals surface area contributed by atoms with Gasteiger partial charge in [0.05, 0.1) is 22.8 Å². The Morgan fingerprint density at radius 2 is 2.09 bits per heavy atom. The van der Waals surface area contributed by atoms with Crippen molar-refractivity contribution in [2.75, 3.05) is 17.7 Å². The standard InChI is InChI=1S/C21H17BrN4O5S/c22-11-4-14-19-16(5-11)32-9-12(26(19)21(30)20(29)25-14)6-17(27)23-7-10-1-2-13-15(3-10)31-8-18(28)24-13/h1-5,12H,6-9H2,(H,23,27)(H,24,28)(H,25,29). The van der Waals surface area contributed by atoms with Gasteiger partial charge in [-0.05, 0) is 29.8 Å². The Hall–Kier alpha value is -3.05. The highest BCUT2D eigenvalue weighted by Gasteiger charge is 2.27. The molecule has 1 atom stereocenters. The number of hydrogen-bond acceptors (Lipinski definition) is 6. The first-order chi connectivity index (χ1) is 15.4. The number of nitrogens with one attached hydrogen (secondary N) is 3. The van der Waals surface area contributed by atoms with Gasteiger partial charge >= 0.3 is 11.1 Å². The van der Waals surface area contributed by atoms with Crippen molar-refractivity contribution in [3.63, 3.8) is 0 Å². The lowest BCUT2D eigenvalue weighted by Crippen LogP contribution is -2.41. The van der Waals surface area contributed by atoms with Crippen molar-refractivity contribution in [1.82, 2.24) is 14.9 Å². The Kier molecular flexibility index (Phi) is 5.30. The molecule has 11 heteroatoms. The number of aromatic nitrogens is 2. The van der Waals surface area contributed by atoms with E-state index in [0.717, 1.165) is 14.9 Å². The van der Waals surface area contributed by atoms with Gasteiger partial charge in [-0.2, -0.15) is 0 Å². The van der Waals surface area contributed by atoms with Crippen LogP contribution in [-0.4, -0.2) is 33.7 Å². The van der Waals surface area contributed by atoms with E-state index in [1.807, 2.05) is 6.07 Å². The molecular weight excluding hydrogens is 500 g/mol. The van der Waals surface area contributed by atoms with E-state index in [1.165, 1.54) is 4.57 Å². The summed E-state index contributed by atoms with van der Waals surface area (Å²) in [4.78, 5) is 52.4. The van der Waals surface area contributed by atoms with E-state index in [1.54, 1.807) is 36.0 Å². The summed E-state index contributed by atoms with van der Waals surface area (Å²) in [5.41, 5.74) is 1.24. The number of aromatic amines is 1. The number of amides is 2. The van der Waals surface area contributed by atoms with Crippen LogP contribution in [0.5, 0.6) is 5.75 Å². The Bertz CT molecular complexity index is 1400. The van der Waals surface area contributed by atoms with E-state index in [-0.39, 0.29) is 31.4 Å². The molecule has 2 amide bonds. The number of ether oxygens (including phenoxy) is 1. The third kappa shape index (κ3) is 3.82. The van der Waals surface area contributed by atoms with Gasteiger partial charge in [0.15, 0.2) is 6.61 Å². The summed E-state index contributed by atoms with van der Waals surface area (Å²) in [5.74, 6) is 0.618. The van der Waals surface area contributed by atoms with Gasteiger partial charge in [0.25, 0.3) is 5.91 Å². The van der Waals surface area contributed by atoms with Gasteiger partial charge in [0.2, 0.25) is 5.91 Å². The molecule has 0 saturated carbocycles. The normalized spacial score (nSPS) is 16.8. The number of hydrogen-bond donors (Lipinski definition) is 3. The van der Waals surface area contributed by atoms with E-state index in [4.69, 9.17) is 4.74 Å². The van der Waals surface area contributed by atoms with E-state index in [9.17, 15) is 19.2 Å². The van der Waals surface area contributed by atoms with E-state index in [0.29, 0.717) is 28.2 Å². The van der Waals surface area contributed by atoms with Gasteiger partial charge in [-0.25, -0.2) is 0 Å². The molecule has 0 bridgehead atoms. The maximum Gasteiger partial charge on any atom is 0.317 e. The molecule has 1 unspecified atom stereocenters. The van der Waals surface area contributed by atoms with Crippen LogP contribution in [0.3, 0.4) is 0 Å². The average Bonchev–Trinajstić information content (AvgIpc) is 2.76. The summed E-state index contributed by atoms with van der Waals surface area (Å²) in [7, 11) is 0. The summed E-state index contributed by atoms with van der Waals surface area (Å²) >= 11 is 4.97. The topological polar surface area (TPSA) is 122 Å². The molecule has 2 aliphatic heterocycles. The molecular formula is C21H17BrN4O5S. The summed E-state index contributed by atoms with van der Waals surface area (Å²) in [6, 6.07) is 8.51. The number of H-pyrrole nitrogens is 1. The van der Waals surface area contributed by atoms with Crippen molar-refractivity contribution in [3.05, 3.63) is 61.1 Å². The summed E-state index contributed by atoms with van der Waals surface area (Å²) in [6.07, 6.45) is 0.0679. The SMILES string of the molecule is O=C(CC1CSc2cc(Br)cc3[nH]c(=O)c(=O)n1c23)NCc1ccc2c(c1)OCC(=O)N2. The Morgan fingerprint density at radius 3 is 2.94 bits per heavy atom. The predicted octanol–water partition coefficient (Wildman–Crippen LogP) is 2.14. The molecule has 3 heterocycles. The smallest absolute Gasteiger partial charge is 0.317 e. The summed E-state index contributed by atoms with van der Waals surface area (Å²) < 4.78 is 7.65. The molecule has 9 nitrogen and oxygen atoms in total. The molecule has 164 valence electrons. The highest BCUT2D eigenvalue weighted by Crippen LogP contribution is 2.37. The lowest BCUT2D eigenvalue weighted by molar-refractivity contribution is -0.122.